The van der Waals surface area contributed by atoms with Crippen molar-refractivity contribution in [2.45, 2.75) is 31.3 Å². The van der Waals surface area contributed by atoms with Crippen LogP contribution in [0.2, 0.25) is 0 Å². The van der Waals surface area contributed by atoms with Crippen molar-refractivity contribution in [1.29, 1.82) is 0 Å². The number of halogens is 1. The van der Waals surface area contributed by atoms with Gasteiger partial charge >= 0.3 is 0 Å². The summed E-state index contributed by atoms with van der Waals surface area (Å²) in [5.41, 5.74) is 7.06. The Morgan fingerprint density at radius 2 is 1.83 bits per heavy atom. The fourth-order valence-corrected chi connectivity index (χ4v) is 5.21. The molecule has 3 saturated heterocycles. The Morgan fingerprint density at radius 3 is 2.57 bits per heavy atom. The van der Waals surface area contributed by atoms with Gasteiger partial charge in [-0.3, -0.25) is 24.8 Å². The lowest BCUT2D eigenvalue weighted by atomic mass is 9.82. The van der Waals surface area contributed by atoms with E-state index in [1.54, 1.807) is 46.3 Å². The molecule has 35 heavy (non-hydrogen) atoms. The second-order valence-corrected chi connectivity index (χ2v) is 9.29. The Balaban J connectivity index is 1.24. The van der Waals surface area contributed by atoms with Gasteiger partial charge in [-0.15, -0.1) is 0 Å². The van der Waals surface area contributed by atoms with E-state index < -0.39 is 5.82 Å². The molecule has 0 spiro atoms. The summed E-state index contributed by atoms with van der Waals surface area (Å²) in [5, 5.41) is 3.44. The molecule has 3 amide bonds. The minimum atomic E-state index is -0.565. The summed E-state index contributed by atoms with van der Waals surface area (Å²) in [7, 11) is 0. The van der Waals surface area contributed by atoms with Crippen molar-refractivity contribution >= 4 is 17.7 Å². The average Bonchev–Trinajstić information content (AvgIpc) is 2.91. The SMILES string of the molecule is O=C1NNC(Cc2ccc(F)c(C(=O)N3CCN(C(=O)c4ccccn4)CC3)c2)C2NCCCC12. The van der Waals surface area contributed by atoms with Crippen molar-refractivity contribution in [1.82, 2.24) is 31.0 Å². The van der Waals surface area contributed by atoms with E-state index >= 15 is 0 Å². The van der Waals surface area contributed by atoms with Crippen molar-refractivity contribution in [2.75, 3.05) is 32.7 Å². The number of benzene rings is 1. The lowest BCUT2D eigenvalue weighted by molar-refractivity contribution is -0.131. The van der Waals surface area contributed by atoms with Crippen LogP contribution < -0.4 is 16.2 Å². The van der Waals surface area contributed by atoms with E-state index in [0.717, 1.165) is 24.9 Å². The quantitative estimate of drug-likeness (QED) is 0.596. The fraction of sp³-hybridized carbons (Fsp3) is 0.440. The first-order valence-corrected chi connectivity index (χ1v) is 12.1. The largest absolute Gasteiger partial charge is 0.335 e. The summed E-state index contributed by atoms with van der Waals surface area (Å²) in [6, 6.07) is 9.73. The zero-order valence-electron chi connectivity index (χ0n) is 19.4. The summed E-state index contributed by atoms with van der Waals surface area (Å²) < 4.78 is 14.7. The topological polar surface area (TPSA) is 107 Å². The maximum Gasteiger partial charge on any atom is 0.272 e. The second-order valence-electron chi connectivity index (χ2n) is 9.29. The van der Waals surface area contributed by atoms with Gasteiger partial charge in [0, 0.05) is 44.5 Å². The standard InChI is InChI=1S/C25H29FN6O3/c26-19-7-6-16(15-21-22-17(4-3-9-28-22)23(33)30-29-21)14-18(19)24(34)31-10-12-32(13-11-31)25(35)20-5-1-2-8-27-20/h1-2,5-8,14,17,21-22,28-29H,3-4,9-13,15H2,(H,30,33). The number of nitrogens with one attached hydrogen (secondary N) is 3. The number of pyridine rings is 1. The summed E-state index contributed by atoms with van der Waals surface area (Å²) >= 11 is 0. The van der Waals surface area contributed by atoms with Crippen LogP contribution in [0.4, 0.5) is 4.39 Å². The summed E-state index contributed by atoms with van der Waals surface area (Å²) in [6.07, 6.45) is 3.91. The molecule has 0 bridgehead atoms. The van der Waals surface area contributed by atoms with Gasteiger partial charge in [0.25, 0.3) is 11.8 Å². The van der Waals surface area contributed by atoms with E-state index in [0.29, 0.717) is 38.3 Å². The summed E-state index contributed by atoms with van der Waals surface area (Å²) in [4.78, 5) is 45.3. The van der Waals surface area contributed by atoms with E-state index in [4.69, 9.17) is 0 Å². The molecule has 5 rings (SSSR count). The molecule has 0 radical (unpaired) electrons. The fourth-order valence-electron chi connectivity index (χ4n) is 5.21. The van der Waals surface area contributed by atoms with Crippen LogP contribution in [0.3, 0.4) is 0 Å². The maximum absolute atomic E-state index is 14.7. The number of rotatable bonds is 4. The number of hydrogen-bond donors (Lipinski definition) is 3. The normalized spacial score (nSPS) is 24.5. The molecule has 3 unspecified atom stereocenters. The first kappa shape index (κ1) is 23.4. The molecule has 3 N–H and O–H groups in total. The van der Waals surface area contributed by atoms with Crippen molar-refractivity contribution in [2.24, 2.45) is 5.92 Å². The molecule has 0 aliphatic carbocycles. The number of carbonyl (C=O) groups excluding carboxylic acids is 3. The molecule has 4 heterocycles. The van der Waals surface area contributed by atoms with Crippen LogP contribution in [0.1, 0.15) is 39.3 Å². The Labute approximate surface area is 203 Å². The smallest absolute Gasteiger partial charge is 0.272 e. The summed E-state index contributed by atoms with van der Waals surface area (Å²) in [5.74, 6) is -1.22. The third-order valence-electron chi connectivity index (χ3n) is 7.11. The molecule has 3 aliphatic rings. The molecule has 0 saturated carbocycles. The van der Waals surface area contributed by atoms with E-state index in [1.165, 1.54) is 6.07 Å². The highest BCUT2D eigenvalue weighted by atomic mass is 19.1. The second kappa shape index (κ2) is 10.1. The highest BCUT2D eigenvalue weighted by Gasteiger charge is 2.40. The number of hydrogen-bond acceptors (Lipinski definition) is 6. The first-order chi connectivity index (χ1) is 17.0. The number of piperidine rings is 1. The van der Waals surface area contributed by atoms with Crippen molar-refractivity contribution in [3.05, 3.63) is 65.2 Å². The first-order valence-electron chi connectivity index (χ1n) is 12.1. The third-order valence-corrected chi connectivity index (χ3v) is 7.11. The van der Waals surface area contributed by atoms with Crippen LogP contribution in [-0.2, 0) is 11.2 Å². The molecule has 10 heteroatoms. The Kier molecular flexibility index (Phi) is 6.74. The van der Waals surface area contributed by atoms with Gasteiger partial charge in [0.1, 0.15) is 11.5 Å². The van der Waals surface area contributed by atoms with Crippen molar-refractivity contribution in [3.63, 3.8) is 0 Å². The van der Waals surface area contributed by atoms with Gasteiger partial charge in [0.2, 0.25) is 5.91 Å². The highest BCUT2D eigenvalue weighted by Crippen LogP contribution is 2.24. The van der Waals surface area contributed by atoms with Crippen LogP contribution in [-0.4, -0.2) is 77.3 Å². The summed E-state index contributed by atoms with van der Waals surface area (Å²) in [6.45, 7) is 2.23. The molecule has 2 aromatic rings. The molecule has 184 valence electrons. The molecule has 3 fully saturated rings. The van der Waals surface area contributed by atoms with Crippen LogP contribution in [0.5, 0.6) is 0 Å². The van der Waals surface area contributed by atoms with Crippen molar-refractivity contribution < 1.29 is 18.8 Å². The predicted molar refractivity (Wildman–Crippen MR) is 126 cm³/mol. The van der Waals surface area contributed by atoms with E-state index in [9.17, 15) is 18.8 Å². The van der Waals surface area contributed by atoms with Gasteiger partial charge in [-0.2, -0.15) is 0 Å². The van der Waals surface area contributed by atoms with Gasteiger partial charge in [-0.1, -0.05) is 12.1 Å². The van der Waals surface area contributed by atoms with E-state index in [2.05, 4.69) is 21.2 Å². The van der Waals surface area contributed by atoms with Crippen LogP contribution in [0, 0.1) is 11.7 Å². The van der Waals surface area contributed by atoms with Crippen LogP contribution >= 0.6 is 0 Å². The Hall–Kier alpha value is -3.37. The minimum absolute atomic E-state index is 0.00547. The van der Waals surface area contributed by atoms with Gasteiger partial charge in [-0.25, -0.2) is 9.82 Å². The number of nitrogens with zero attached hydrogens (tertiary/aromatic N) is 3. The molecule has 3 atom stereocenters. The predicted octanol–water partition coefficient (Wildman–Crippen LogP) is 0.733. The number of hydrazine groups is 1. The van der Waals surface area contributed by atoms with E-state index in [1.807, 2.05) is 0 Å². The number of amides is 3. The van der Waals surface area contributed by atoms with Gasteiger partial charge in [-0.05, 0) is 55.6 Å². The monoisotopic (exact) mass is 480 g/mol. The zero-order chi connectivity index (χ0) is 24.4. The molecule has 1 aromatic heterocycles. The van der Waals surface area contributed by atoms with E-state index in [-0.39, 0.29) is 41.3 Å². The Bertz CT molecular complexity index is 1110. The minimum Gasteiger partial charge on any atom is -0.335 e. The number of aromatic nitrogens is 1. The molecular weight excluding hydrogens is 451 g/mol. The van der Waals surface area contributed by atoms with Crippen molar-refractivity contribution in [3.8, 4) is 0 Å². The van der Waals surface area contributed by atoms with Crippen LogP contribution in [0.25, 0.3) is 0 Å². The van der Waals surface area contributed by atoms with Crippen LogP contribution in [0.15, 0.2) is 42.6 Å². The molecule has 3 aliphatic heterocycles. The molecular formula is C25H29FN6O3. The maximum atomic E-state index is 14.7. The zero-order valence-corrected chi connectivity index (χ0v) is 19.4. The number of carbonyl (C=O) groups is 3. The Morgan fingerprint density at radius 1 is 1.06 bits per heavy atom. The molecule has 9 nitrogen and oxygen atoms in total. The van der Waals surface area contributed by atoms with Gasteiger partial charge in [0.15, 0.2) is 0 Å². The molecule has 1 aromatic carbocycles. The number of piperazine rings is 1. The van der Waals surface area contributed by atoms with Gasteiger partial charge < -0.3 is 15.1 Å². The average molecular weight is 481 g/mol. The van der Waals surface area contributed by atoms with Gasteiger partial charge in [0.05, 0.1) is 11.5 Å². The third kappa shape index (κ3) is 4.89. The number of fused-ring (bicyclic) bond motifs is 1. The lowest BCUT2D eigenvalue weighted by Crippen LogP contribution is -2.67. The lowest BCUT2D eigenvalue weighted by Gasteiger charge is -2.41. The highest BCUT2D eigenvalue weighted by molar-refractivity contribution is 5.95.